The smallest absolute Gasteiger partial charge is 0.331 e. The van der Waals surface area contributed by atoms with Gasteiger partial charge in [-0.3, -0.25) is 4.79 Å². The fourth-order valence-electron chi connectivity index (χ4n) is 2.00. The molecule has 2 atom stereocenters. The van der Waals surface area contributed by atoms with Crippen molar-refractivity contribution in [2.45, 2.75) is 60.0 Å². The molecule has 0 aromatic rings. The van der Waals surface area contributed by atoms with Crippen molar-refractivity contribution in [2.75, 3.05) is 7.05 Å². The lowest BCUT2D eigenvalue weighted by Gasteiger charge is -2.36. The molecule has 5 heteroatoms. The molecule has 5 nitrogen and oxygen atoms in total. The summed E-state index contributed by atoms with van der Waals surface area (Å²) in [6.07, 6.45) is 2.42. The van der Waals surface area contributed by atoms with E-state index in [1.54, 1.807) is 18.0 Å². The summed E-state index contributed by atoms with van der Waals surface area (Å²) in [6.45, 7) is 11.4. The Morgan fingerprint density at radius 1 is 1.33 bits per heavy atom. The third-order valence-electron chi connectivity index (χ3n) is 4.26. The van der Waals surface area contributed by atoms with E-state index in [9.17, 15) is 9.59 Å². The molecule has 0 saturated carbocycles. The minimum absolute atomic E-state index is 0.102. The zero-order valence-corrected chi connectivity index (χ0v) is 14.3. The molecule has 0 heterocycles. The molecule has 0 bridgehead atoms. The number of carboxylic acids is 1. The average Bonchev–Trinajstić information content (AvgIpc) is 2.41. The van der Waals surface area contributed by atoms with Crippen molar-refractivity contribution in [1.82, 2.24) is 4.90 Å². The van der Waals surface area contributed by atoms with Crippen molar-refractivity contribution in [3.63, 3.8) is 0 Å². The lowest BCUT2D eigenvalue weighted by molar-refractivity contribution is -0.136. The highest BCUT2D eigenvalue weighted by Gasteiger charge is 2.34. The second kappa shape index (κ2) is 7.59. The van der Waals surface area contributed by atoms with Crippen molar-refractivity contribution in [3.8, 4) is 0 Å². The summed E-state index contributed by atoms with van der Waals surface area (Å²) in [5, 5.41) is 9.01. The van der Waals surface area contributed by atoms with Crippen molar-refractivity contribution in [1.29, 1.82) is 0 Å². The molecule has 0 fully saturated rings. The van der Waals surface area contributed by atoms with Crippen LogP contribution in [0.3, 0.4) is 0 Å². The Morgan fingerprint density at radius 2 is 1.81 bits per heavy atom. The third-order valence-corrected chi connectivity index (χ3v) is 4.26. The van der Waals surface area contributed by atoms with Crippen LogP contribution in [-0.2, 0) is 9.59 Å². The van der Waals surface area contributed by atoms with Crippen LogP contribution in [0.25, 0.3) is 0 Å². The standard InChI is InChI=1S/C16H30N2O3/c1-8-16(5,6)13(17)14(19)18(7)12(10(2)3)9-11(4)15(20)21/h9-10,12-13H,8,17H2,1-7H3,(H,20,21)/t12-,13?/m1/s1. The van der Waals surface area contributed by atoms with E-state index in [2.05, 4.69) is 0 Å². The van der Waals surface area contributed by atoms with Gasteiger partial charge in [-0.15, -0.1) is 0 Å². The van der Waals surface area contributed by atoms with E-state index in [-0.39, 0.29) is 28.9 Å². The third kappa shape index (κ3) is 5.16. The largest absolute Gasteiger partial charge is 0.478 e. The second-order valence-corrected chi connectivity index (χ2v) is 6.66. The van der Waals surface area contributed by atoms with Gasteiger partial charge in [-0.2, -0.15) is 0 Å². The first kappa shape index (κ1) is 19.6. The van der Waals surface area contributed by atoms with E-state index in [0.29, 0.717) is 0 Å². The minimum Gasteiger partial charge on any atom is -0.478 e. The quantitative estimate of drug-likeness (QED) is 0.706. The molecule has 0 aliphatic rings. The van der Waals surface area contributed by atoms with Crippen molar-refractivity contribution < 1.29 is 14.7 Å². The Kier molecular flexibility index (Phi) is 7.10. The summed E-state index contributed by atoms with van der Waals surface area (Å²) in [6, 6.07) is -0.889. The number of likely N-dealkylation sites (N-methyl/N-ethyl adjacent to an activating group) is 1. The highest BCUT2D eigenvalue weighted by atomic mass is 16.4. The van der Waals surface area contributed by atoms with Gasteiger partial charge in [0.1, 0.15) is 0 Å². The number of carbonyl (C=O) groups excluding carboxylic acids is 1. The van der Waals surface area contributed by atoms with Gasteiger partial charge in [-0.25, -0.2) is 4.79 Å². The summed E-state index contributed by atoms with van der Waals surface area (Å²) in [5.74, 6) is -1.03. The molecule has 0 aliphatic heterocycles. The monoisotopic (exact) mass is 298 g/mol. The van der Waals surface area contributed by atoms with Crippen molar-refractivity contribution in [3.05, 3.63) is 11.6 Å². The number of nitrogens with zero attached hydrogens (tertiary/aromatic N) is 1. The molecule has 0 aromatic heterocycles. The molecule has 21 heavy (non-hydrogen) atoms. The summed E-state index contributed by atoms with van der Waals surface area (Å²) >= 11 is 0. The summed E-state index contributed by atoms with van der Waals surface area (Å²) in [4.78, 5) is 25.1. The molecule has 0 rings (SSSR count). The Hall–Kier alpha value is -1.36. The predicted molar refractivity (Wildman–Crippen MR) is 84.8 cm³/mol. The number of carboxylic acid groups (broad SMARTS) is 1. The van der Waals surface area contributed by atoms with Crippen LogP contribution in [0.4, 0.5) is 0 Å². The van der Waals surface area contributed by atoms with E-state index in [1.165, 1.54) is 6.92 Å². The van der Waals surface area contributed by atoms with Gasteiger partial charge in [-0.05, 0) is 24.7 Å². The van der Waals surface area contributed by atoms with Gasteiger partial charge < -0.3 is 15.7 Å². The number of hydrogen-bond donors (Lipinski definition) is 2. The lowest BCUT2D eigenvalue weighted by atomic mass is 9.81. The zero-order chi connectivity index (χ0) is 17.0. The van der Waals surface area contributed by atoms with Crippen LogP contribution in [0.15, 0.2) is 11.6 Å². The van der Waals surface area contributed by atoms with E-state index >= 15 is 0 Å². The maximum atomic E-state index is 12.6. The van der Waals surface area contributed by atoms with Crippen LogP contribution in [0.5, 0.6) is 0 Å². The maximum Gasteiger partial charge on any atom is 0.331 e. The van der Waals surface area contributed by atoms with Crippen LogP contribution in [0.2, 0.25) is 0 Å². The van der Waals surface area contributed by atoms with Crippen LogP contribution in [0.1, 0.15) is 48.0 Å². The summed E-state index contributed by atoms with van der Waals surface area (Å²) in [5.41, 5.74) is 6.05. The topological polar surface area (TPSA) is 83.6 Å². The van der Waals surface area contributed by atoms with E-state index in [1.807, 2.05) is 34.6 Å². The van der Waals surface area contributed by atoms with Gasteiger partial charge in [0.05, 0.1) is 12.1 Å². The number of nitrogens with two attached hydrogens (primary N) is 1. The number of rotatable bonds is 7. The Labute approximate surface area is 128 Å². The van der Waals surface area contributed by atoms with Gasteiger partial charge in [-0.1, -0.05) is 40.7 Å². The lowest BCUT2D eigenvalue weighted by Crippen LogP contribution is -2.53. The molecule has 3 N–H and O–H groups in total. The zero-order valence-electron chi connectivity index (χ0n) is 14.3. The molecular formula is C16H30N2O3. The Morgan fingerprint density at radius 3 is 2.14 bits per heavy atom. The van der Waals surface area contributed by atoms with E-state index in [4.69, 9.17) is 10.8 Å². The SMILES string of the molecule is CCC(C)(C)C(N)C(=O)N(C)[C@H](C=C(C)C(=O)O)C(C)C. The van der Waals surface area contributed by atoms with Crippen molar-refractivity contribution in [2.24, 2.45) is 17.1 Å². The predicted octanol–water partition coefficient (Wildman–Crippen LogP) is 2.26. The number of carbonyl (C=O) groups is 2. The molecule has 0 saturated heterocycles. The molecule has 122 valence electrons. The van der Waals surface area contributed by atoms with E-state index in [0.717, 1.165) is 6.42 Å². The molecule has 1 unspecified atom stereocenters. The highest BCUT2D eigenvalue weighted by molar-refractivity contribution is 5.86. The van der Waals surface area contributed by atoms with Gasteiger partial charge in [0.25, 0.3) is 0 Å². The number of amides is 1. The average molecular weight is 298 g/mol. The first-order valence-electron chi connectivity index (χ1n) is 7.39. The van der Waals surface area contributed by atoms with Gasteiger partial charge >= 0.3 is 5.97 Å². The van der Waals surface area contributed by atoms with Crippen LogP contribution in [0, 0.1) is 11.3 Å². The Balaban J connectivity index is 5.33. The number of hydrogen-bond acceptors (Lipinski definition) is 3. The van der Waals surface area contributed by atoms with Gasteiger partial charge in [0.15, 0.2) is 0 Å². The van der Waals surface area contributed by atoms with Gasteiger partial charge in [0, 0.05) is 12.6 Å². The Bertz CT molecular complexity index is 414. The van der Waals surface area contributed by atoms with E-state index < -0.39 is 12.0 Å². The molecule has 0 aromatic carbocycles. The minimum atomic E-state index is -0.973. The molecule has 0 radical (unpaired) electrons. The number of aliphatic carboxylic acids is 1. The van der Waals surface area contributed by atoms with Crippen molar-refractivity contribution >= 4 is 11.9 Å². The maximum absolute atomic E-state index is 12.6. The first-order valence-corrected chi connectivity index (χ1v) is 7.39. The molecule has 0 aliphatic carbocycles. The highest BCUT2D eigenvalue weighted by Crippen LogP contribution is 2.26. The normalized spacial score (nSPS) is 15.8. The van der Waals surface area contributed by atoms with Gasteiger partial charge in [0.2, 0.25) is 5.91 Å². The van der Waals surface area contributed by atoms with Crippen LogP contribution < -0.4 is 5.73 Å². The molecule has 1 amide bonds. The fourth-order valence-corrected chi connectivity index (χ4v) is 2.00. The fraction of sp³-hybridized carbons (Fsp3) is 0.750. The first-order chi connectivity index (χ1) is 9.45. The second-order valence-electron chi connectivity index (χ2n) is 6.66. The van der Waals surface area contributed by atoms with Crippen LogP contribution >= 0.6 is 0 Å². The molecular weight excluding hydrogens is 268 g/mol. The molecule has 0 spiro atoms. The summed E-state index contributed by atoms with van der Waals surface area (Å²) in [7, 11) is 1.68. The summed E-state index contributed by atoms with van der Waals surface area (Å²) < 4.78 is 0. The van der Waals surface area contributed by atoms with Crippen LogP contribution in [-0.4, -0.2) is 41.0 Å².